The average molecular weight is 414 g/mol. The molecule has 0 fully saturated rings. The van der Waals surface area contributed by atoms with Crippen molar-refractivity contribution >= 4 is 17.5 Å². The molecule has 3 aromatic rings. The lowest BCUT2D eigenvalue weighted by Crippen LogP contribution is -2.39. The first-order chi connectivity index (χ1) is 13.9. The summed E-state index contributed by atoms with van der Waals surface area (Å²) >= 11 is 5.83. The fraction of sp³-hybridized carbons (Fsp3) is 0.190. The van der Waals surface area contributed by atoms with Gasteiger partial charge in [-0.1, -0.05) is 17.7 Å². The molecular weight excluding hydrogens is 397 g/mol. The Balaban J connectivity index is 1.79. The highest BCUT2D eigenvalue weighted by molar-refractivity contribution is 6.30. The summed E-state index contributed by atoms with van der Waals surface area (Å²) in [6, 6.07) is 7.77. The molecular formula is C21H17ClFN3O3. The second kappa shape index (κ2) is 7.33. The quantitative estimate of drug-likeness (QED) is 0.715. The van der Waals surface area contributed by atoms with Crippen LogP contribution in [0.1, 0.15) is 21.5 Å². The number of aromatic hydroxyl groups is 1. The van der Waals surface area contributed by atoms with Gasteiger partial charge in [0.15, 0.2) is 5.75 Å². The van der Waals surface area contributed by atoms with Crippen LogP contribution >= 0.6 is 11.6 Å². The lowest BCUT2D eigenvalue weighted by atomic mass is 9.93. The molecule has 0 saturated heterocycles. The topological polar surface area (TPSA) is 75.4 Å². The second-order valence-electron chi connectivity index (χ2n) is 6.88. The molecule has 0 aliphatic carbocycles. The molecule has 0 saturated carbocycles. The lowest BCUT2D eigenvalue weighted by molar-refractivity contribution is 0.0722. The Bertz CT molecular complexity index is 1180. The number of pyridine rings is 2. The van der Waals surface area contributed by atoms with E-state index >= 15 is 0 Å². The second-order valence-corrected chi connectivity index (χ2v) is 7.28. The molecule has 0 radical (unpaired) electrons. The fourth-order valence-electron chi connectivity index (χ4n) is 3.70. The van der Waals surface area contributed by atoms with Gasteiger partial charge in [-0.25, -0.2) is 4.39 Å². The molecule has 1 amide bonds. The summed E-state index contributed by atoms with van der Waals surface area (Å²) in [5, 5.41) is 10.4. The zero-order valence-electron chi connectivity index (χ0n) is 15.5. The maximum atomic E-state index is 13.4. The standard InChI is InChI=1S/C21H17ClFN3O3/c1-25-18(13-4-7-24-8-5-13)14-6-9-26(20(28)17(14)19(27)21(25)29)11-12-2-3-16(23)15(22)10-12/h2-5,7-8,10,27H,6,9,11H2,1H3. The van der Waals surface area contributed by atoms with Crippen molar-refractivity contribution in [2.24, 2.45) is 7.05 Å². The monoisotopic (exact) mass is 413 g/mol. The van der Waals surface area contributed by atoms with Crippen molar-refractivity contribution in [3.63, 3.8) is 0 Å². The van der Waals surface area contributed by atoms with Gasteiger partial charge in [0.05, 0.1) is 16.3 Å². The largest absolute Gasteiger partial charge is 0.502 e. The summed E-state index contributed by atoms with van der Waals surface area (Å²) < 4.78 is 14.8. The van der Waals surface area contributed by atoms with Crippen LogP contribution in [-0.2, 0) is 20.0 Å². The summed E-state index contributed by atoms with van der Waals surface area (Å²) in [5.41, 5.74) is 1.97. The third-order valence-electron chi connectivity index (χ3n) is 5.11. The zero-order valence-corrected chi connectivity index (χ0v) is 16.3. The van der Waals surface area contributed by atoms with Gasteiger partial charge in [-0.2, -0.15) is 0 Å². The van der Waals surface area contributed by atoms with Crippen LogP contribution in [0.15, 0.2) is 47.5 Å². The number of fused-ring (bicyclic) bond motifs is 1. The SMILES string of the molecule is Cn1c(-c2ccncc2)c2c(c(O)c1=O)C(=O)N(Cc1ccc(F)c(Cl)c1)CC2. The maximum absolute atomic E-state index is 13.4. The van der Waals surface area contributed by atoms with Crippen molar-refractivity contribution in [2.45, 2.75) is 13.0 Å². The van der Waals surface area contributed by atoms with Crippen molar-refractivity contribution in [1.29, 1.82) is 0 Å². The Labute approximate surface area is 170 Å². The summed E-state index contributed by atoms with van der Waals surface area (Å²) in [4.78, 5) is 31.2. The molecule has 29 heavy (non-hydrogen) atoms. The normalized spacial score (nSPS) is 13.5. The van der Waals surface area contributed by atoms with E-state index in [0.717, 1.165) is 5.56 Å². The smallest absolute Gasteiger partial charge is 0.293 e. The van der Waals surface area contributed by atoms with Crippen LogP contribution in [0.4, 0.5) is 4.39 Å². The van der Waals surface area contributed by atoms with Gasteiger partial charge in [-0.05, 0) is 41.8 Å². The average Bonchev–Trinajstić information content (AvgIpc) is 2.72. The van der Waals surface area contributed by atoms with Crippen LogP contribution in [0.2, 0.25) is 5.02 Å². The van der Waals surface area contributed by atoms with E-state index in [1.54, 1.807) is 37.6 Å². The number of rotatable bonds is 3. The van der Waals surface area contributed by atoms with E-state index in [9.17, 15) is 19.1 Å². The third-order valence-corrected chi connectivity index (χ3v) is 5.40. The summed E-state index contributed by atoms with van der Waals surface area (Å²) in [7, 11) is 1.56. The number of halogens is 2. The number of carbonyl (C=O) groups is 1. The number of hydrogen-bond acceptors (Lipinski definition) is 4. The van der Waals surface area contributed by atoms with Gasteiger partial charge >= 0.3 is 0 Å². The van der Waals surface area contributed by atoms with Crippen LogP contribution in [0.3, 0.4) is 0 Å². The molecule has 1 aliphatic rings. The van der Waals surface area contributed by atoms with Gasteiger partial charge in [0.25, 0.3) is 11.5 Å². The molecule has 0 bridgehead atoms. The van der Waals surface area contributed by atoms with Crippen molar-refractivity contribution in [3.8, 4) is 17.0 Å². The van der Waals surface area contributed by atoms with Crippen molar-refractivity contribution < 1.29 is 14.3 Å². The van der Waals surface area contributed by atoms with Gasteiger partial charge in [0.2, 0.25) is 0 Å². The number of nitrogens with zero attached hydrogens (tertiary/aromatic N) is 3. The van der Waals surface area contributed by atoms with E-state index in [4.69, 9.17) is 11.6 Å². The van der Waals surface area contributed by atoms with Gasteiger partial charge in [-0.3, -0.25) is 14.6 Å². The Hall–Kier alpha value is -3.19. The highest BCUT2D eigenvalue weighted by atomic mass is 35.5. The van der Waals surface area contributed by atoms with Crippen LogP contribution < -0.4 is 5.56 Å². The van der Waals surface area contributed by atoms with Gasteiger partial charge < -0.3 is 14.6 Å². The van der Waals surface area contributed by atoms with E-state index in [0.29, 0.717) is 29.8 Å². The van der Waals surface area contributed by atoms with Crippen molar-refractivity contribution in [3.05, 3.63) is 80.6 Å². The number of aromatic nitrogens is 2. The summed E-state index contributed by atoms with van der Waals surface area (Å²) in [6.07, 6.45) is 3.66. The third kappa shape index (κ3) is 3.27. The molecule has 1 aromatic carbocycles. The zero-order chi connectivity index (χ0) is 20.7. The maximum Gasteiger partial charge on any atom is 0.293 e. The molecule has 1 N–H and O–H groups in total. The molecule has 0 atom stereocenters. The van der Waals surface area contributed by atoms with E-state index in [2.05, 4.69) is 4.98 Å². The summed E-state index contributed by atoms with van der Waals surface area (Å²) in [5.74, 6) is -1.54. The summed E-state index contributed by atoms with van der Waals surface area (Å²) in [6.45, 7) is 0.577. The Morgan fingerprint density at radius 2 is 1.93 bits per heavy atom. The highest BCUT2D eigenvalue weighted by Crippen LogP contribution is 2.33. The predicted molar refractivity (Wildman–Crippen MR) is 106 cm³/mol. The van der Waals surface area contributed by atoms with E-state index in [1.807, 2.05) is 0 Å². The van der Waals surface area contributed by atoms with Crippen LogP contribution in [0.5, 0.6) is 5.75 Å². The van der Waals surface area contributed by atoms with E-state index in [1.165, 1.54) is 21.6 Å². The predicted octanol–water partition coefficient (Wildman–Crippen LogP) is 3.14. The first-order valence-corrected chi connectivity index (χ1v) is 9.34. The molecule has 0 unspecified atom stereocenters. The highest BCUT2D eigenvalue weighted by Gasteiger charge is 2.32. The molecule has 8 heteroatoms. The first-order valence-electron chi connectivity index (χ1n) is 8.97. The molecule has 6 nitrogen and oxygen atoms in total. The molecule has 3 heterocycles. The Kier molecular flexibility index (Phi) is 4.84. The van der Waals surface area contributed by atoms with Gasteiger partial charge in [0, 0.05) is 38.1 Å². The Morgan fingerprint density at radius 3 is 2.62 bits per heavy atom. The molecule has 1 aliphatic heterocycles. The minimum Gasteiger partial charge on any atom is -0.502 e. The van der Waals surface area contributed by atoms with Gasteiger partial charge in [0.1, 0.15) is 5.82 Å². The van der Waals surface area contributed by atoms with Crippen molar-refractivity contribution in [1.82, 2.24) is 14.5 Å². The van der Waals surface area contributed by atoms with Crippen LogP contribution in [0.25, 0.3) is 11.3 Å². The number of carbonyl (C=O) groups excluding carboxylic acids is 1. The van der Waals surface area contributed by atoms with Crippen LogP contribution in [0, 0.1) is 5.82 Å². The fourth-order valence-corrected chi connectivity index (χ4v) is 3.90. The molecule has 2 aromatic heterocycles. The van der Waals surface area contributed by atoms with E-state index < -0.39 is 23.0 Å². The lowest BCUT2D eigenvalue weighted by Gasteiger charge is -2.31. The first kappa shape index (κ1) is 19.1. The van der Waals surface area contributed by atoms with Gasteiger partial charge in [-0.15, -0.1) is 0 Å². The van der Waals surface area contributed by atoms with Crippen molar-refractivity contribution in [2.75, 3.05) is 6.54 Å². The van der Waals surface area contributed by atoms with Crippen LogP contribution in [-0.4, -0.2) is 32.0 Å². The molecule has 0 spiro atoms. The minimum absolute atomic E-state index is 0.0133. The number of amides is 1. The number of hydrogen-bond donors (Lipinski definition) is 1. The minimum atomic E-state index is -0.643. The number of benzene rings is 1. The molecule has 4 rings (SSSR count). The molecule has 148 valence electrons. The van der Waals surface area contributed by atoms with E-state index in [-0.39, 0.29) is 17.1 Å². The Morgan fingerprint density at radius 1 is 1.21 bits per heavy atom.